The molecular formula is C64H119NO5. The van der Waals surface area contributed by atoms with E-state index in [1.807, 2.05) is 6.08 Å². The molecular weight excluding hydrogens is 863 g/mol. The van der Waals surface area contributed by atoms with E-state index in [1.165, 1.54) is 244 Å². The fourth-order valence-electron chi connectivity index (χ4n) is 9.29. The van der Waals surface area contributed by atoms with Crippen molar-refractivity contribution in [3.63, 3.8) is 0 Å². The lowest BCUT2D eigenvalue weighted by Crippen LogP contribution is -2.45. The average Bonchev–Trinajstić information content (AvgIpc) is 3.36. The zero-order valence-corrected chi connectivity index (χ0v) is 46.7. The Labute approximate surface area is 436 Å². The van der Waals surface area contributed by atoms with Crippen molar-refractivity contribution in [3.05, 3.63) is 48.6 Å². The molecule has 0 bridgehead atoms. The fraction of sp³-hybridized carbons (Fsp3) is 0.844. The number of ether oxygens (including phenoxy) is 1. The van der Waals surface area contributed by atoms with Gasteiger partial charge in [0.15, 0.2) is 0 Å². The highest BCUT2D eigenvalue weighted by Gasteiger charge is 2.18. The van der Waals surface area contributed by atoms with E-state index in [2.05, 4.69) is 55.6 Å². The molecule has 0 aliphatic heterocycles. The molecule has 0 heterocycles. The minimum absolute atomic E-state index is 0.0000728. The van der Waals surface area contributed by atoms with Gasteiger partial charge in [-0.2, -0.15) is 0 Å². The van der Waals surface area contributed by atoms with E-state index in [0.717, 1.165) is 51.4 Å². The molecule has 0 aliphatic carbocycles. The third-order valence-electron chi connectivity index (χ3n) is 14.1. The molecule has 70 heavy (non-hydrogen) atoms. The first-order chi connectivity index (χ1) is 34.5. The van der Waals surface area contributed by atoms with Crippen molar-refractivity contribution in [2.45, 2.75) is 334 Å². The second-order valence-electron chi connectivity index (χ2n) is 21.0. The van der Waals surface area contributed by atoms with Gasteiger partial charge in [0.1, 0.15) is 0 Å². The van der Waals surface area contributed by atoms with Crippen molar-refractivity contribution >= 4 is 11.9 Å². The van der Waals surface area contributed by atoms with Gasteiger partial charge in [0.2, 0.25) is 5.91 Å². The molecule has 6 nitrogen and oxygen atoms in total. The number of carbonyl (C=O) groups is 2. The summed E-state index contributed by atoms with van der Waals surface area (Å²) in [4.78, 5) is 24.4. The highest BCUT2D eigenvalue weighted by Crippen LogP contribution is 2.16. The highest BCUT2D eigenvalue weighted by molar-refractivity contribution is 5.76. The van der Waals surface area contributed by atoms with E-state index in [4.69, 9.17) is 4.74 Å². The number of aliphatic hydroxyl groups excluding tert-OH is 2. The maximum atomic E-state index is 12.4. The Kier molecular flexibility index (Phi) is 57.5. The van der Waals surface area contributed by atoms with Gasteiger partial charge in [-0.3, -0.25) is 9.59 Å². The summed E-state index contributed by atoms with van der Waals surface area (Å²) in [6.07, 6.45) is 75.9. The average molecular weight is 983 g/mol. The number of unbranched alkanes of at least 4 members (excludes halogenated alkanes) is 40. The number of nitrogens with one attached hydrogen (secondary N) is 1. The van der Waals surface area contributed by atoms with Gasteiger partial charge in [-0.15, -0.1) is 0 Å². The van der Waals surface area contributed by atoms with E-state index >= 15 is 0 Å². The molecule has 410 valence electrons. The third kappa shape index (κ3) is 55.1. The Morgan fingerprint density at radius 1 is 0.400 bits per heavy atom. The number of hydrogen-bond donors (Lipinski definition) is 3. The smallest absolute Gasteiger partial charge is 0.305 e. The summed E-state index contributed by atoms with van der Waals surface area (Å²) in [5.74, 6) is -0.0690. The Morgan fingerprint density at radius 3 is 1.14 bits per heavy atom. The van der Waals surface area contributed by atoms with Crippen molar-refractivity contribution in [2.24, 2.45) is 0 Å². The molecule has 1 amide bonds. The van der Waals surface area contributed by atoms with E-state index in [9.17, 15) is 19.8 Å². The number of carbonyl (C=O) groups excluding carboxylic acids is 2. The van der Waals surface area contributed by atoms with Crippen molar-refractivity contribution in [1.82, 2.24) is 5.32 Å². The Morgan fingerprint density at radius 2 is 0.729 bits per heavy atom. The number of hydrogen-bond acceptors (Lipinski definition) is 5. The molecule has 0 rings (SSSR count). The van der Waals surface area contributed by atoms with Crippen LogP contribution in [0.15, 0.2) is 48.6 Å². The predicted molar refractivity (Wildman–Crippen MR) is 306 cm³/mol. The maximum absolute atomic E-state index is 12.4. The molecule has 0 aromatic carbocycles. The second kappa shape index (κ2) is 59.4. The molecule has 0 spiro atoms. The Bertz CT molecular complexity index is 1180. The van der Waals surface area contributed by atoms with Crippen LogP contribution in [0.2, 0.25) is 0 Å². The summed E-state index contributed by atoms with van der Waals surface area (Å²) in [5.41, 5.74) is 0. The zero-order chi connectivity index (χ0) is 50.7. The molecule has 0 aromatic heterocycles. The van der Waals surface area contributed by atoms with Crippen LogP contribution in [0.1, 0.15) is 322 Å². The lowest BCUT2D eigenvalue weighted by molar-refractivity contribution is -0.143. The number of amides is 1. The normalized spacial score (nSPS) is 12.9. The van der Waals surface area contributed by atoms with Gasteiger partial charge in [-0.05, 0) is 83.5 Å². The lowest BCUT2D eigenvalue weighted by Gasteiger charge is -2.20. The Balaban J connectivity index is 3.43. The van der Waals surface area contributed by atoms with Crippen LogP contribution in [0.25, 0.3) is 0 Å². The number of aliphatic hydroxyl groups is 2. The first kappa shape index (κ1) is 67.8. The topological polar surface area (TPSA) is 95.9 Å². The third-order valence-corrected chi connectivity index (χ3v) is 14.1. The minimum atomic E-state index is -0.845. The molecule has 0 aliphatic rings. The quantitative estimate of drug-likeness (QED) is 0.0321. The van der Waals surface area contributed by atoms with Crippen LogP contribution < -0.4 is 5.32 Å². The molecule has 0 saturated carbocycles. The lowest BCUT2D eigenvalue weighted by atomic mass is 10.0. The van der Waals surface area contributed by atoms with Gasteiger partial charge in [0, 0.05) is 12.8 Å². The van der Waals surface area contributed by atoms with Crippen molar-refractivity contribution in [1.29, 1.82) is 0 Å². The number of rotatable bonds is 57. The summed E-state index contributed by atoms with van der Waals surface area (Å²) < 4.78 is 5.45. The minimum Gasteiger partial charge on any atom is -0.466 e. The SMILES string of the molecule is CCCC/C=C\CCCCCCCC(=O)OCCCCCCCCCCC/C=C\C/C=C\CCCCCCCCCCCCCCCC(=O)NC(CO)C(O)/C=C/CCCCCCCCCCCCC. The summed E-state index contributed by atoms with van der Waals surface area (Å²) in [7, 11) is 0. The van der Waals surface area contributed by atoms with E-state index in [1.54, 1.807) is 6.08 Å². The first-order valence-corrected chi connectivity index (χ1v) is 30.9. The second-order valence-corrected chi connectivity index (χ2v) is 21.0. The molecule has 6 heteroatoms. The molecule has 0 saturated heterocycles. The molecule has 2 atom stereocenters. The standard InChI is InChI=1S/C64H119NO5/c1-3-5-7-9-11-13-15-33-37-40-44-48-52-56-62(67)61(60-66)65-63(68)57-53-49-45-41-38-34-31-29-27-25-23-21-19-17-16-18-20-22-24-26-28-30-32-35-39-43-47-51-55-59-70-64(69)58-54-50-46-42-36-14-12-10-8-6-4-2/h10,12,16,18,22,24,52,56,61-62,66-67H,3-9,11,13-15,17,19-21,23,25-51,53-55,57-60H2,1-2H3,(H,65,68)/b12-10-,18-16-,24-22-,56-52+. The largest absolute Gasteiger partial charge is 0.466 e. The van der Waals surface area contributed by atoms with E-state index in [0.29, 0.717) is 19.4 Å². The van der Waals surface area contributed by atoms with Gasteiger partial charge >= 0.3 is 5.97 Å². The predicted octanol–water partition coefficient (Wildman–Crippen LogP) is 19.4. The van der Waals surface area contributed by atoms with Gasteiger partial charge in [-0.1, -0.05) is 274 Å². The molecule has 0 aromatic rings. The van der Waals surface area contributed by atoms with Gasteiger partial charge < -0.3 is 20.3 Å². The molecule has 3 N–H and O–H groups in total. The van der Waals surface area contributed by atoms with E-state index < -0.39 is 12.1 Å². The van der Waals surface area contributed by atoms with Crippen LogP contribution in [0.3, 0.4) is 0 Å². The first-order valence-electron chi connectivity index (χ1n) is 30.9. The van der Waals surface area contributed by atoms with Crippen LogP contribution >= 0.6 is 0 Å². The summed E-state index contributed by atoms with van der Waals surface area (Å²) in [6.45, 7) is 4.86. The van der Waals surface area contributed by atoms with Crippen LogP contribution in [0.4, 0.5) is 0 Å². The Hall–Kier alpha value is -2.18. The fourth-order valence-corrected chi connectivity index (χ4v) is 9.29. The van der Waals surface area contributed by atoms with Gasteiger partial charge in [-0.25, -0.2) is 0 Å². The van der Waals surface area contributed by atoms with Crippen LogP contribution in [0.5, 0.6) is 0 Å². The van der Waals surface area contributed by atoms with Crippen LogP contribution in [-0.2, 0) is 14.3 Å². The highest BCUT2D eigenvalue weighted by atomic mass is 16.5. The van der Waals surface area contributed by atoms with Gasteiger partial charge in [0.25, 0.3) is 0 Å². The summed E-state index contributed by atoms with van der Waals surface area (Å²) in [5, 5.41) is 23.1. The van der Waals surface area contributed by atoms with Gasteiger partial charge in [0.05, 0.1) is 25.4 Å². The van der Waals surface area contributed by atoms with Crippen LogP contribution in [-0.4, -0.2) is 47.4 Å². The zero-order valence-electron chi connectivity index (χ0n) is 46.7. The number of allylic oxidation sites excluding steroid dienone is 7. The van der Waals surface area contributed by atoms with Crippen molar-refractivity contribution in [3.8, 4) is 0 Å². The monoisotopic (exact) mass is 982 g/mol. The van der Waals surface area contributed by atoms with E-state index in [-0.39, 0.29) is 18.5 Å². The summed E-state index contributed by atoms with van der Waals surface area (Å²) in [6, 6.07) is -0.628. The van der Waals surface area contributed by atoms with Crippen molar-refractivity contribution < 1.29 is 24.5 Å². The number of esters is 1. The van der Waals surface area contributed by atoms with Crippen molar-refractivity contribution in [2.75, 3.05) is 13.2 Å². The van der Waals surface area contributed by atoms with Crippen LogP contribution in [0, 0.1) is 0 Å². The maximum Gasteiger partial charge on any atom is 0.305 e. The molecule has 0 fully saturated rings. The summed E-state index contributed by atoms with van der Waals surface area (Å²) >= 11 is 0. The molecule has 2 unspecified atom stereocenters. The molecule has 0 radical (unpaired) electrons.